The highest BCUT2D eigenvalue weighted by atomic mass is 79.9. The van der Waals surface area contributed by atoms with Gasteiger partial charge in [-0.1, -0.05) is 57.1 Å². The van der Waals surface area contributed by atoms with E-state index in [0.29, 0.717) is 22.3 Å². The number of benzene rings is 2. The SMILES string of the molecule is O=C(COc1cccc(Br)c1)Nc1nnc(Cc2ccc(Cl)cc2)s1. The van der Waals surface area contributed by atoms with E-state index in [0.717, 1.165) is 15.0 Å². The van der Waals surface area contributed by atoms with Gasteiger partial charge in [0.2, 0.25) is 5.13 Å². The van der Waals surface area contributed by atoms with Crippen LogP contribution < -0.4 is 10.1 Å². The second-order valence-corrected chi connectivity index (χ2v) is 7.51. The zero-order valence-electron chi connectivity index (χ0n) is 12.9. The number of hydrogen-bond acceptors (Lipinski definition) is 5. The molecule has 0 aliphatic rings. The fourth-order valence-corrected chi connectivity index (χ4v) is 3.31. The summed E-state index contributed by atoms with van der Waals surface area (Å²) in [6, 6.07) is 14.8. The van der Waals surface area contributed by atoms with Gasteiger partial charge in [0.25, 0.3) is 5.91 Å². The molecule has 1 heterocycles. The van der Waals surface area contributed by atoms with Crippen molar-refractivity contribution in [2.24, 2.45) is 0 Å². The summed E-state index contributed by atoms with van der Waals surface area (Å²) in [6.45, 7) is -0.0947. The Morgan fingerprint density at radius 1 is 1.20 bits per heavy atom. The molecule has 8 heteroatoms. The summed E-state index contributed by atoms with van der Waals surface area (Å²) in [6.07, 6.45) is 0.638. The Bertz CT molecular complexity index is 870. The third kappa shape index (κ3) is 5.52. The zero-order chi connectivity index (χ0) is 17.6. The molecule has 0 atom stereocenters. The number of anilines is 1. The van der Waals surface area contributed by atoms with Crippen LogP contribution in [0.2, 0.25) is 5.02 Å². The Labute approximate surface area is 162 Å². The summed E-state index contributed by atoms with van der Waals surface area (Å²) in [5.41, 5.74) is 1.08. The lowest BCUT2D eigenvalue weighted by atomic mass is 10.2. The molecule has 25 heavy (non-hydrogen) atoms. The number of rotatable bonds is 6. The smallest absolute Gasteiger partial charge is 0.264 e. The Morgan fingerprint density at radius 3 is 2.76 bits per heavy atom. The minimum Gasteiger partial charge on any atom is -0.484 e. The predicted molar refractivity (Wildman–Crippen MR) is 102 cm³/mol. The third-order valence-corrected chi connectivity index (χ3v) is 4.73. The number of nitrogens with zero attached hydrogens (tertiary/aromatic N) is 2. The van der Waals surface area contributed by atoms with Crippen molar-refractivity contribution in [3.05, 3.63) is 68.6 Å². The number of ether oxygens (including phenoxy) is 1. The molecule has 0 radical (unpaired) electrons. The Balaban J connectivity index is 1.52. The van der Waals surface area contributed by atoms with Crippen molar-refractivity contribution >= 4 is 49.9 Å². The summed E-state index contributed by atoms with van der Waals surface area (Å²) in [5.74, 6) is 0.333. The molecule has 0 unspecified atom stereocenters. The maximum atomic E-state index is 12.0. The number of halogens is 2. The van der Waals surface area contributed by atoms with Gasteiger partial charge in [-0.25, -0.2) is 0 Å². The molecular formula is C17H13BrClN3O2S. The second kappa shape index (κ2) is 8.42. The topological polar surface area (TPSA) is 64.1 Å². The van der Waals surface area contributed by atoms with Crippen molar-refractivity contribution in [3.8, 4) is 5.75 Å². The van der Waals surface area contributed by atoms with E-state index >= 15 is 0 Å². The summed E-state index contributed by atoms with van der Waals surface area (Å²) in [4.78, 5) is 12.0. The molecule has 0 saturated heterocycles. The first-order chi connectivity index (χ1) is 12.1. The van der Waals surface area contributed by atoms with Crippen molar-refractivity contribution in [3.63, 3.8) is 0 Å². The van der Waals surface area contributed by atoms with E-state index in [1.807, 2.05) is 36.4 Å². The van der Waals surface area contributed by atoms with Crippen molar-refractivity contribution in [1.29, 1.82) is 0 Å². The average Bonchev–Trinajstić information content (AvgIpc) is 3.02. The van der Waals surface area contributed by atoms with Crippen LogP contribution in [0.3, 0.4) is 0 Å². The number of carbonyl (C=O) groups is 1. The van der Waals surface area contributed by atoms with E-state index in [-0.39, 0.29) is 12.5 Å². The molecule has 0 aliphatic carbocycles. The van der Waals surface area contributed by atoms with E-state index in [2.05, 4.69) is 31.4 Å². The van der Waals surface area contributed by atoms with Crippen molar-refractivity contribution in [2.75, 3.05) is 11.9 Å². The van der Waals surface area contributed by atoms with E-state index in [1.165, 1.54) is 11.3 Å². The molecule has 2 aromatic carbocycles. The molecule has 0 saturated carbocycles. The van der Waals surface area contributed by atoms with Crippen LogP contribution in [0.25, 0.3) is 0 Å². The summed E-state index contributed by atoms with van der Waals surface area (Å²) in [7, 11) is 0. The molecule has 0 aliphatic heterocycles. The molecular weight excluding hydrogens is 426 g/mol. The zero-order valence-corrected chi connectivity index (χ0v) is 16.1. The number of carbonyl (C=O) groups excluding carboxylic acids is 1. The lowest BCUT2D eigenvalue weighted by Gasteiger charge is -2.05. The van der Waals surface area contributed by atoms with Crippen molar-refractivity contribution < 1.29 is 9.53 Å². The van der Waals surface area contributed by atoms with Gasteiger partial charge >= 0.3 is 0 Å². The van der Waals surface area contributed by atoms with Crippen LogP contribution in [0.4, 0.5) is 5.13 Å². The van der Waals surface area contributed by atoms with Gasteiger partial charge in [0.1, 0.15) is 10.8 Å². The van der Waals surface area contributed by atoms with E-state index in [4.69, 9.17) is 16.3 Å². The average molecular weight is 439 g/mol. The lowest BCUT2D eigenvalue weighted by molar-refractivity contribution is -0.118. The largest absolute Gasteiger partial charge is 0.484 e. The Hall–Kier alpha value is -1.96. The maximum absolute atomic E-state index is 12.0. The summed E-state index contributed by atoms with van der Waals surface area (Å²) >= 11 is 10.6. The summed E-state index contributed by atoms with van der Waals surface area (Å²) in [5, 5.41) is 12.7. The molecule has 128 valence electrons. The highest BCUT2D eigenvalue weighted by molar-refractivity contribution is 9.10. The molecule has 3 rings (SSSR count). The molecule has 0 bridgehead atoms. The van der Waals surface area contributed by atoms with Gasteiger partial charge in [-0.15, -0.1) is 10.2 Å². The van der Waals surface area contributed by atoms with Crippen LogP contribution in [-0.2, 0) is 11.2 Å². The number of aromatic nitrogens is 2. The van der Waals surface area contributed by atoms with Gasteiger partial charge in [0.05, 0.1) is 0 Å². The molecule has 0 fully saturated rings. The molecule has 0 spiro atoms. The molecule has 1 N–H and O–H groups in total. The van der Waals surface area contributed by atoms with Gasteiger partial charge in [-0.05, 0) is 35.9 Å². The fourth-order valence-electron chi connectivity index (χ4n) is 2.01. The van der Waals surface area contributed by atoms with Crippen LogP contribution in [0.1, 0.15) is 10.6 Å². The fraction of sp³-hybridized carbons (Fsp3) is 0.118. The van der Waals surface area contributed by atoms with Gasteiger partial charge in [-0.3, -0.25) is 10.1 Å². The minimum atomic E-state index is -0.283. The number of nitrogens with one attached hydrogen (secondary N) is 1. The minimum absolute atomic E-state index is 0.0947. The van der Waals surface area contributed by atoms with Gasteiger partial charge in [-0.2, -0.15) is 0 Å². The number of amides is 1. The highest BCUT2D eigenvalue weighted by Crippen LogP contribution is 2.20. The normalized spacial score (nSPS) is 10.5. The Kier molecular flexibility index (Phi) is 6.01. The quantitative estimate of drug-likeness (QED) is 0.613. The van der Waals surface area contributed by atoms with E-state index in [9.17, 15) is 4.79 Å². The van der Waals surface area contributed by atoms with Gasteiger partial charge in [0, 0.05) is 15.9 Å². The standard InChI is InChI=1S/C17H13BrClN3O2S/c18-12-2-1-3-14(9-12)24-10-15(23)20-17-22-21-16(25-17)8-11-4-6-13(19)7-5-11/h1-7,9H,8,10H2,(H,20,22,23). The molecule has 5 nitrogen and oxygen atoms in total. The maximum Gasteiger partial charge on any atom is 0.264 e. The van der Waals surface area contributed by atoms with Gasteiger partial charge in [0.15, 0.2) is 6.61 Å². The van der Waals surface area contributed by atoms with Crippen LogP contribution in [0, 0.1) is 0 Å². The first-order valence-corrected chi connectivity index (χ1v) is 9.32. The molecule has 1 amide bonds. The van der Waals surface area contributed by atoms with Crippen LogP contribution in [0.15, 0.2) is 53.0 Å². The van der Waals surface area contributed by atoms with E-state index in [1.54, 1.807) is 12.1 Å². The first kappa shape index (κ1) is 17.8. The first-order valence-electron chi connectivity index (χ1n) is 7.33. The van der Waals surface area contributed by atoms with Gasteiger partial charge < -0.3 is 4.74 Å². The van der Waals surface area contributed by atoms with Crippen LogP contribution >= 0.6 is 38.9 Å². The second-order valence-electron chi connectivity index (χ2n) is 5.10. The van der Waals surface area contributed by atoms with Crippen LogP contribution in [-0.4, -0.2) is 22.7 Å². The van der Waals surface area contributed by atoms with Crippen molar-refractivity contribution in [1.82, 2.24) is 10.2 Å². The summed E-state index contributed by atoms with van der Waals surface area (Å²) < 4.78 is 6.33. The third-order valence-electron chi connectivity index (χ3n) is 3.15. The van der Waals surface area contributed by atoms with Crippen molar-refractivity contribution in [2.45, 2.75) is 6.42 Å². The Morgan fingerprint density at radius 2 is 2.00 bits per heavy atom. The molecule has 3 aromatic rings. The highest BCUT2D eigenvalue weighted by Gasteiger charge is 2.09. The number of hydrogen-bond donors (Lipinski definition) is 1. The molecule has 1 aromatic heterocycles. The lowest BCUT2D eigenvalue weighted by Crippen LogP contribution is -2.20. The van der Waals surface area contributed by atoms with Crippen LogP contribution in [0.5, 0.6) is 5.75 Å². The predicted octanol–water partition coefficient (Wildman–Crippen LogP) is 4.56. The monoisotopic (exact) mass is 437 g/mol. The van der Waals surface area contributed by atoms with E-state index < -0.39 is 0 Å².